The molecule has 0 amide bonds. The molecule has 1 heterocycles. The number of hydrogen-bond acceptors (Lipinski definition) is 3. The number of ether oxygens (including phenoxy) is 1. The van der Waals surface area contributed by atoms with Crippen molar-refractivity contribution < 1.29 is 4.74 Å². The summed E-state index contributed by atoms with van der Waals surface area (Å²) in [6.07, 6.45) is 0. The Kier molecular flexibility index (Phi) is 5.28. The van der Waals surface area contributed by atoms with Gasteiger partial charge in [-0.1, -0.05) is 15.9 Å². The highest BCUT2D eigenvalue weighted by Crippen LogP contribution is 2.28. The third-order valence-electron chi connectivity index (χ3n) is 2.77. The second-order valence-electron chi connectivity index (χ2n) is 4.01. The Hall–Kier alpha value is -0.100. The Morgan fingerprint density at radius 1 is 1.24 bits per heavy atom. The predicted octanol–water partition coefficient (Wildman–Crippen LogP) is 2.50. The van der Waals surface area contributed by atoms with Crippen LogP contribution in [0, 0.1) is 0 Å². The van der Waals surface area contributed by atoms with Crippen molar-refractivity contribution in [1.29, 1.82) is 0 Å². The maximum atomic E-state index is 5.76. The van der Waals surface area contributed by atoms with E-state index >= 15 is 0 Å². The molecule has 2 rings (SSSR count). The number of halogens is 2. The van der Waals surface area contributed by atoms with Gasteiger partial charge in [-0.25, -0.2) is 0 Å². The molecule has 17 heavy (non-hydrogen) atoms. The lowest BCUT2D eigenvalue weighted by molar-refractivity contribution is 0.191. The summed E-state index contributed by atoms with van der Waals surface area (Å²) >= 11 is 6.92. The van der Waals surface area contributed by atoms with Crippen molar-refractivity contribution in [2.24, 2.45) is 0 Å². The molecule has 0 unspecified atom stereocenters. The van der Waals surface area contributed by atoms with Crippen molar-refractivity contribution in [2.75, 3.05) is 39.3 Å². The zero-order chi connectivity index (χ0) is 12.1. The maximum absolute atomic E-state index is 5.76. The van der Waals surface area contributed by atoms with Crippen LogP contribution in [-0.2, 0) is 0 Å². The van der Waals surface area contributed by atoms with Crippen LogP contribution in [-0.4, -0.2) is 44.2 Å². The van der Waals surface area contributed by atoms with Crippen molar-refractivity contribution in [3.63, 3.8) is 0 Å². The van der Waals surface area contributed by atoms with Gasteiger partial charge in [0.25, 0.3) is 0 Å². The molecule has 0 aliphatic carbocycles. The second kappa shape index (κ2) is 6.73. The van der Waals surface area contributed by atoms with E-state index in [1.807, 2.05) is 18.2 Å². The van der Waals surface area contributed by atoms with Gasteiger partial charge in [-0.2, -0.15) is 0 Å². The molecule has 5 heteroatoms. The Balaban J connectivity index is 1.77. The number of hydrogen-bond donors (Lipinski definition) is 1. The molecule has 1 fully saturated rings. The van der Waals surface area contributed by atoms with Crippen LogP contribution in [0.4, 0.5) is 0 Å². The normalized spacial score (nSPS) is 17.1. The molecule has 1 aliphatic rings. The van der Waals surface area contributed by atoms with Gasteiger partial charge in [0.1, 0.15) is 12.4 Å². The molecule has 3 nitrogen and oxygen atoms in total. The Morgan fingerprint density at radius 3 is 2.71 bits per heavy atom. The van der Waals surface area contributed by atoms with Crippen LogP contribution in [0.15, 0.2) is 27.1 Å². The summed E-state index contributed by atoms with van der Waals surface area (Å²) in [5.74, 6) is 0.906. The molecule has 0 radical (unpaired) electrons. The highest BCUT2D eigenvalue weighted by Gasteiger charge is 2.09. The predicted molar refractivity (Wildman–Crippen MR) is 76.6 cm³/mol. The average Bonchev–Trinajstić information content (AvgIpc) is 2.33. The first-order chi connectivity index (χ1) is 8.25. The van der Waals surface area contributed by atoms with Gasteiger partial charge < -0.3 is 10.1 Å². The van der Waals surface area contributed by atoms with E-state index in [4.69, 9.17) is 4.74 Å². The van der Waals surface area contributed by atoms with Gasteiger partial charge in [0.15, 0.2) is 0 Å². The lowest BCUT2D eigenvalue weighted by atomic mass is 10.3. The SMILES string of the molecule is Brc1ccc(OCCN2CCNCC2)c(Br)c1. The van der Waals surface area contributed by atoms with Crippen LogP contribution in [0.1, 0.15) is 0 Å². The topological polar surface area (TPSA) is 24.5 Å². The van der Waals surface area contributed by atoms with E-state index in [2.05, 4.69) is 42.1 Å². The minimum absolute atomic E-state index is 0.736. The molecule has 1 saturated heterocycles. The van der Waals surface area contributed by atoms with Crippen molar-refractivity contribution in [1.82, 2.24) is 10.2 Å². The fourth-order valence-electron chi connectivity index (χ4n) is 1.81. The summed E-state index contributed by atoms with van der Waals surface area (Å²) < 4.78 is 7.81. The first-order valence-electron chi connectivity index (χ1n) is 5.76. The standard InChI is InChI=1S/C12H16Br2N2O/c13-10-1-2-12(11(14)9-10)17-8-7-16-5-3-15-4-6-16/h1-2,9,15H,3-8H2. The molecule has 94 valence electrons. The monoisotopic (exact) mass is 362 g/mol. The van der Waals surface area contributed by atoms with Gasteiger partial charge in [0.2, 0.25) is 0 Å². The van der Waals surface area contributed by atoms with Crippen LogP contribution in [0.5, 0.6) is 5.75 Å². The molecular weight excluding hydrogens is 348 g/mol. The van der Waals surface area contributed by atoms with E-state index in [1.54, 1.807) is 0 Å². The lowest BCUT2D eigenvalue weighted by Crippen LogP contribution is -2.44. The molecule has 1 aromatic rings. The number of nitrogens with zero attached hydrogens (tertiary/aromatic N) is 1. The number of piperazine rings is 1. The van der Waals surface area contributed by atoms with Gasteiger partial charge in [0.05, 0.1) is 4.47 Å². The second-order valence-corrected chi connectivity index (χ2v) is 5.78. The van der Waals surface area contributed by atoms with E-state index < -0.39 is 0 Å². The minimum atomic E-state index is 0.736. The van der Waals surface area contributed by atoms with Crippen LogP contribution < -0.4 is 10.1 Å². The number of rotatable bonds is 4. The van der Waals surface area contributed by atoms with Gasteiger partial charge in [0, 0.05) is 37.2 Å². The molecule has 0 bridgehead atoms. The molecule has 0 atom stereocenters. The molecule has 1 N–H and O–H groups in total. The largest absolute Gasteiger partial charge is 0.491 e. The highest BCUT2D eigenvalue weighted by molar-refractivity contribution is 9.11. The number of benzene rings is 1. The van der Waals surface area contributed by atoms with E-state index in [9.17, 15) is 0 Å². The summed E-state index contributed by atoms with van der Waals surface area (Å²) in [6.45, 7) is 6.13. The zero-order valence-corrected chi connectivity index (χ0v) is 12.8. The van der Waals surface area contributed by atoms with Crippen molar-refractivity contribution in [3.05, 3.63) is 27.1 Å². The molecule has 1 aliphatic heterocycles. The van der Waals surface area contributed by atoms with E-state index in [0.717, 1.165) is 54.0 Å². The summed E-state index contributed by atoms with van der Waals surface area (Å²) in [7, 11) is 0. The van der Waals surface area contributed by atoms with Crippen LogP contribution in [0.3, 0.4) is 0 Å². The third kappa shape index (κ3) is 4.25. The maximum Gasteiger partial charge on any atom is 0.133 e. The summed E-state index contributed by atoms with van der Waals surface area (Å²) in [4.78, 5) is 2.42. The summed E-state index contributed by atoms with van der Waals surface area (Å²) in [5, 5.41) is 3.34. The van der Waals surface area contributed by atoms with Gasteiger partial charge >= 0.3 is 0 Å². The lowest BCUT2D eigenvalue weighted by Gasteiger charge is -2.27. The minimum Gasteiger partial charge on any atom is -0.491 e. The van der Waals surface area contributed by atoms with Gasteiger partial charge in [-0.3, -0.25) is 4.90 Å². The number of nitrogens with one attached hydrogen (secondary N) is 1. The summed E-state index contributed by atoms with van der Waals surface area (Å²) in [5.41, 5.74) is 0. The zero-order valence-electron chi connectivity index (χ0n) is 9.59. The van der Waals surface area contributed by atoms with Gasteiger partial charge in [-0.15, -0.1) is 0 Å². The van der Waals surface area contributed by atoms with Crippen LogP contribution in [0.2, 0.25) is 0 Å². The van der Waals surface area contributed by atoms with Crippen molar-refractivity contribution >= 4 is 31.9 Å². The van der Waals surface area contributed by atoms with Crippen LogP contribution >= 0.6 is 31.9 Å². The Bertz CT molecular complexity index is 368. The Labute approximate surface area is 119 Å². The molecule has 1 aromatic carbocycles. The molecule has 0 aromatic heterocycles. The van der Waals surface area contributed by atoms with E-state index in [1.165, 1.54) is 0 Å². The first-order valence-corrected chi connectivity index (χ1v) is 7.35. The average molecular weight is 364 g/mol. The third-order valence-corrected chi connectivity index (χ3v) is 3.88. The van der Waals surface area contributed by atoms with Crippen molar-refractivity contribution in [2.45, 2.75) is 0 Å². The Morgan fingerprint density at radius 2 is 2.00 bits per heavy atom. The fraction of sp³-hybridized carbons (Fsp3) is 0.500. The van der Waals surface area contributed by atoms with Gasteiger partial charge in [-0.05, 0) is 34.1 Å². The van der Waals surface area contributed by atoms with E-state index in [0.29, 0.717) is 0 Å². The highest BCUT2D eigenvalue weighted by atomic mass is 79.9. The molecular formula is C12H16Br2N2O. The molecule has 0 saturated carbocycles. The van der Waals surface area contributed by atoms with Crippen molar-refractivity contribution in [3.8, 4) is 5.75 Å². The molecule has 0 spiro atoms. The fourth-order valence-corrected chi connectivity index (χ4v) is 2.97. The van der Waals surface area contributed by atoms with Crippen LogP contribution in [0.25, 0.3) is 0 Å². The quantitative estimate of drug-likeness (QED) is 0.889. The smallest absolute Gasteiger partial charge is 0.133 e. The first kappa shape index (κ1) is 13.3. The summed E-state index contributed by atoms with van der Waals surface area (Å²) in [6, 6.07) is 5.97. The van der Waals surface area contributed by atoms with E-state index in [-0.39, 0.29) is 0 Å².